The molecule has 8 heteroatoms. The highest BCUT2D eigenvalue weighted by Crippen LogP contribution is 2.27. The van der Waals surface area contributed by atoms with Crippen LogP contribution in [0.5, 0.6) is 0 Å². The third-order valence-electron chi connectivity index (χ3n) is 3.14. The summed E-state index contributed by atoms with van der Waals surface area (Å²) in [6, 6.07) is 8.67. The summed E-state index contributed by atoms with van der Waals surface area (Å²) in [6.45, 7) is -0.343. The molecular formula is C15H11F2N3O3. The third kappa shape index (κ3) is 3.59. The van der Waals surface area contributed by atoms with Gasteiger partial charge in [-0.1, -0.05) is 6.07 Å². The Bertz CT molecular complexity index is 770. The molecule has 23 heavy (non-hydrogen) atoms. The number of nitrogens with one attached hydrogen (secondary N) is 1. The summed E-state index contributed by atoms with van der Waals surface area (Å²) in [5.74, 6) is -1.82. The number of hydrogen-bond donors (Lipinski definition) is 2. The Balaban J connectivity index is 2.21. The molecule has 2 N–H and O–H groups in total. The Morgan fingerprint density at radius 1 is 1.30 bits per heavy atom. The van der Waals surface area contributed by atoms with Crippen LogP contribution in [-0.2, 0) is 0 Å². The first-order valence-corrected chi connectivity index (χ1v) is 6.48. The minimum absolute atomic E-state index is 0.0322. The van der Waals surface area contributed by atoms with Gasteiger partial charge < -0.3 is 10.4 Å². The average molecular weight is 319 g/mol. The molecule has 0 aromatic heterocycles. The van der Waals surface area contributed by atoms with Crippen molar-refractivity contribution in [3.8, 4) is 6.07 Å². The Labute approximate surface area is 129 Å². The van der Waals surface area contributed by atoms with Crippen molar-refractivity contribution in [2.75, 3.05) is 11.9 Å². The molecule has 118 valence electrons. The van der Waals surface area contributed by atoms with Gasteiger partial charge in [0.05, 0.1) is 22.1 Å². The van der Waals surface area contributed by atoms with E-state index in [1.165, 1.54) is 18.2 Å². The van der Waals surface area contributed by atoms with Crippen molar-refractivity contribution in [3.05, 3.63) is 69.3 Å². The van der Waals surface area contributed by atoms with Crippen molar-refractivity contribution in [2.24, 2.45) is 0 Å². The van der Waals surface area contributed by atoms with Crippen LogP contribution in [0.25, 0.3) is 0 Å². The van der Waals surface area contributed by atoms with Crippen molar-refractivity contribution in [1.82, 2.24) is 0 Å². The van der Waals surface area contributed by atoms with Gasteiger partial charge in [-0.15, -0.1) is 0 Å². The SMILES string of the molecule is N#Cc1ccc(NCC(O)c2c(F)cccc2F)c([N+](=O)[O-])c1. The standard InChI is InChI=1S/C15H11F2N3O3/c16-10-2-1-3-11(17)15(10)14(21)8-19-12-5-4-9(7-18)6-13(12)20(22)23/h1-6,14,19,21H,8H2. The van der Waals surface area contributed by atoms with E-state index >= 15 is 0 Å². The van der Waals surface area contributed by atoms with Crippen molar-refractivity contribution in [2.45, 2.75) is 6.10 Å². The van der Waals surface area contributed by atoms with Gasteiger partial charge in [0.15, 0.2) is 0 Å². The van der Waals surface area contributed by atoms with Crippen LogP contribution in [0.2, 0.25) is 0 Å². The van der Waals surface area contributed by atoms with E-state index in [4.69, 9.17) is 5.26 Å². The Hall–Kier alpha value is -3.05. The quantitative estimate of drug-likeness (QED) is 0.652. The maximum absolute atomic E-state index is 13.6. The number of nitro groups is 1. The lowest BCUT2D eigenvalue weighted by molar-refractivity contribution is -0.384. The van der Waals surface area contributed by atoms with Gasteiger partial charge in [0.2, 0.25) is 0 Å². The summed E-state index contributed by atoms with van der Waals surface area (Å²) in [4.78, 5) is 10.3. The van der Waals surface area contributed by atoms with E-state index in [2.05, 4.69) is 5.32 Å². The molecule has 1 unspecified atom stereocenters. The molecule has 0 saturated heterocycles. The fourth-order valence-corrected chi connectivity index (χ4v) is 2.04. The molecule has 0 aliphatic rings. The number of nitrogens with zero attached hydrogens (tertiary/aromatic N) is 2. The number of rotatable bonds is 5. The fourth-order valence-electron chi connectivity index (χ4n) is 2.04. The second-order valence-corrected chi connectivity index (χ2v) is 4.63. The summed E-state index contributed by atoms with van der Waals surface area (Å²) in [6.07, 6.45) is -1.54. The molecule has 0 heterocycles. The monoisotopic (exact) mass is 319 g/mol. The summed E-state index contributed by atoms with van der Waals surface area (Å²) >= 11 is 0. The number of aliphatic hydroxyl groups excluding tert-OH is 1. The van der Waals surface area contributed by atoms with E-state index in [-0.39, 0.29) is 23.5 Å². The lowest BCUT2D eigenvalue weighted by atomic mass is 10.1. The van der Waals surface area contributed by atoms with Gasteiger partial charge >= 0.3 is 0 Å². The predicted octanol–water partition coefficient (Wildman–Crippen LogP) is 2.89. The van der Waals surface area contributed by atoms with Crippen LogP contribution in [0.4, 0.5) is 20.2 Å². The zero-order chi connectivity index (χ0) is 17.0. The summed E-state index contributed by atoms with van der Waals surface area (Å²) in [5, 5.41) is 32.2. The van der Waals surface area contributed by atoms with Crippen LogP contribution in [0, 0.1) is 33.1 Å². The van der Waals surface area contributed by atoms with E-state index in [1.807, 2.05) is 0 Å². The van der Waals surface area contributed by atoms with Crippen molar-refractivity contribution in [1.29, 1.82) is 5.26 Å². The van der Waals surface area contributed by atoms with Gasteiger partial charge in [0.1, 0.15) is 23.4 Å². The molecule has 0 spiro atoms. The second-order valence-electron chi connectivity index (χ2n) is 4.63. The molecular weight excluding hydrogens is 308 g/mol. The lowest BCUT2D eigenvalue weighted by Gasteiger charge is -2.14. The average Bonchev–Trinajstić information content (AvgIpc) is 2.52. The number of hydrogen-bond acceptors (Lipinski definition) is 5. The maximum Gasteiger partial charge on any atom is 0.293 e. The zero-order valence-corrected chi connectivity index (χ0v) is 11.7. The van der Waals surface area contributed by atoms with Crippen LogP contribution in [-0.4, -0.2) is 16.6 Å². The smallest absolute Gasteiger partial charge is 0.293 e. The van der Waals surface area contributed by atoms with E-state index in [0.717, 1.165) is 18.2 Å². The number of nitriles is 1. The predicted molar refractivity (Wildman–Crippen MR) is 77.6 cm³/mol. The van der Waals surface area contributed by atoms with Crippen LogP contribution >= 0.6 is 0 Å². The molecule has 0 bridgehead atoms. The first-order valence-electron chi connectivity index (χ1n) is 6.48. The van der Waals surface area contributed by atoms with Gasteiger partial charge in [-0.2, -0.15) is 5.26 Å². The Morgan fingerprint density at radius 3 is 2.52 bits per heavy atom. The van der Waals surface area contributed by atoms with Gasteiger partial charge in [0, 0.05) is 12.6 Å². The highest BCUT2D eigenvalue weighted by atomic mass is 19.1. The highest BCUT2D eigenvalue weighted by Gasteiger charge is 2.20. The number of anilines is 1. The van der Waals surface area contributed by atoms with E-state index in [1.54, 1.807) is 6.07 Å². The number of halogens is 2. The van der Waals surface area contributed by atoms with E-state index in [9.17, 15) is 24.0 Å². The molecule has 0 aliphatic heterocycles. The molecule has 6 nitrogen and oxygen atoms in total. The van der Waals surface area contributed by atoms with Crippen molar-refractivity contribution in [3.63, 3.8) is 0 Å². The number of nitro benzene ring substituents is 1. The summed E-state index contributed by atoms with van der Waals surface area (Å²) < 4.78 is 27.1. The third-order valence-corrected chi connectivity index (χ3v) is 3.14. The van der Waals surface area contributed by atoms with Crippen LogP contribution in [0.15, 0.2) is 36.4 Å². The minimum atomic E-state index is -1.54. The highest BCUT2D eigenvalue weighted by molar-refractivity contribution is 5.64. The second kappa shape index (κ2) is 6.81. The van der Waals surface area contributed by atoms with Gasteiger partial charge in [-0.05, 0) is 24.3 Å². The molecule has 0 radical (unpaired) electrons. The van der Waals surface area contributed by atoms with E-state index < -0.39 is 28.2 Å². The van der Waals surface area contributed by atoms with Gasteiger partial charge in [-0.25, -0.2) is 8.78 Å². The normalized spacial score (nSPS) is 11.6. The zero-order valence-electron chi connectivity index (χ0n) is 11.7. The minimum Gasteiger partial charge on any atom is -0.386 e. The number of benzene rings is 2. The topological polar surface area (TPSA) is 99.2 Å². The van der Waals surface area contributed by atoms with Gasteiger partial charge in [-0.3, -0.25) is 10.1 Å². The Morgan fingerprint density at radius 2 is 1.96 bits per heavy atom. The number of aliphatic hydroxyl groups is 1. The molecule has 2 aromatic rings. The summed E-state index contributed by atoms with van der Waals surface area (Å²) in [5.41, 5.74) is -0.755. The maximum atomic E-state index is 13.6. The van der Waals surface area contributed by atoms with Crippen LogP contribution in [0.3, 0.4) is 0 Å². The molecule has 0 amide bonds. The first kappa shape index (κ1) is 16.3. The first-order chi connectivity index (χ1) is 10.9. The fraction of sp³-hybridized carbons (Fsp3) is 0.133. The molecule has 0 saturated carbocycles. The van der Waals surface area contributed by atoms with Crippen molar-refractivity contribution >= 4 is 11.4 Å². The largest absolute Gasteiger partial charge is 0.386 e. The molecule has 2 rings (SSSR count). The van der Waals surface area contributed by atoms with E-state index in [0.29, 0.717) is 0 Å². The molecule has 2 aromatic carbocycles. The Kier molecular flexibility index (Phi) is 4.83. The van der Waals surface area contributed by atoms with Crippen LogP contribution < -0.4 is 5.32 Å². The van der Waals surface area contributed by atoms with Crippen LogP contribution in [0.1, 0.15) is 17.2 Å². The molecule has 0 aliphatic carbocycles. The van der Waals surface area contributed by atoms with Crippen molar-refractivity contribution < 1.29 is 18.8 Å². The molecule has 1 atom stereocenters. The molecule has 0 fully saturated rings. The summed E-state index contributed by atoms with van der Waals surface area (Å²) in [7, 11) is 0. The lowest BCUT2D eigenvalue weighted by Crippen LogP contribution is -2.15. The van der Waals surface area contributed by atoms with Gasteiger partial charge in [0.25, 0.3) is 5.69 Å².